The van der Waals surface area contributed by atoms with Crippen LogP contribution in [0.5, 0.6) is 5.75 Å². The van der Waals surface area contributed by atoms with Gasteiger partial charge in [-0.2, -0.15) is 0 Å². The second-order valence-corrected chi connectivity index (χ2v) is 8.95. The molecule has 3 amide bonds. The maximum absolute atomic E-state index is 12.7. The molecule has 0 aliphatic carbocycles. The summed E-state index contributed by atoms with van der Waals surface area (Å²) in [4.78, 5) is 32.3. The van der Waals surface area contributed by atoms with Crippen molar-refractivity contribution in [1.29, 1.82) is 0 Å². The molecule has 1 fully saturated rings. The van der Waals surface area contributed by atoms with E-state index in [4.69, 9.17) is 14.9 Å². The predicted octanol–water partition coefficient (Wildman–Crippen LogP) is 4.15. The highest BCUT2D eigenvalue weighted by atomic mass is 16.5. The summed E-state index contributed by atoms with van der Waals surface area (Å²) in [6.07, 6.45) is 0.909. The largest absolute Gasteiger partial charge is 0.489 e. The number of hydrogen-bond donors (Lipinski definition) is 2. The van der Waals surface area contributed by atoms with Gasteiger partial charge in [-0.15, -0.1) is 0 Å². The molecule has 1 aliphatic rings. The van der Waals surface area contributed by atoms with Crippen molar-refractivity contribution < 1.29 is 19.5 Å². The molecule has 0 bridgehead atoms. The molecule has 1 atom stereocenters. The Morgan fingerprint density at radius 1 is 1.12 bits per heavy atom. The first kappa shape index (κ1) is 23.5. The second kappa shape index (κ2) is 10.1. The van der Waals surface area contributed by atoms with Gasteiger partial charge in [-0.3, -0.25) is 19.9 Å². The number of nitrogens with zero attached hydrogens (tertiary/aromatic N) is 3. The van der Waals surface area contributed by atoms with Crippen LogP contribution in [-0.4, -0.2) is 46.2 Å². The van der Waals surface area contributed by atoms with E-state index in [1.54, 1.807) is 17.3 Å². The van der Waals surface area contributed by atoms with E-state index in [1.807, 2.05) is 42.5 Å². The fourth-order valence-electron chi connectivity index (χ4n) is 4.22. The fraction of sp³-hybridized carbons (Fsp3) is 0.346. The van der Waals surface area contributed by atoms with Crippen LogP contribution in [0.2, 0.25) is 0 Å². The third-order valence-corrected chi connectivity index (χ3v) is 6.01. The number of hydrogen-bond acceptors (Lipinski definition) is 5. The first-order chi connectivity index (χ1) is 16.4. The molecule has 8 nitrogen and oxygen atoms in total. The minimum atomic E-state index is -0.749. The quantitative estimate of drug-likeness (QED) is 0.387. The van der Waals surface area contributed by atoms with Crippen LogP contribution in [0.3, 0.4) is 0 Å². The zero-order valence-corrected chi connectivity index (χ0v) is 19.7. The van der Waals surface area contributed by atoms with Crippen LogP contribution in [-0.2, 0) is 17.8 Å². The lowest BCUT2D eigenvalue weighted by Gasteiger charge is -2.23. The molecule has 0 radical (unpaired) electrons. The third kappa shape index (κ3) is 4.97. The van der Waals surface area contributed by atoms with E-state index in [2.05, 4.69) is 26.0 Å². The highest BCUT2D eigenvalue weighted by Gasteiger charge is 2.35. The van der Waals surface area contributed by atoms with Crippen molar-refractivity contribution in [3.63, 3.8) is 0 Å². The maximum atomic E-state index is 12.7. The zero-order chi connectivity index (χ0) is 24.2. The SMILES string of the molecule is CC(C)Cc1cc(COc2ccc(N3CCN(C(C)C(=O)NO)C3=O)cc2)c2ccccc2n1. The van der Waals surface area contributed by atoms with Crippen LogP contribution in [0.25, 0.3) is 10.9 Å². The van der Waals surface area contributed by atoms with Gasteiger partial charge in [0.2, 0.25) is 0 Å². The van der Waals surface area contributed by atoms with Crippen LogP contribution >= 0.6 is 0 Å². The molecule has 34 heavy (non-hydrogen) atoms. The van der Waals surface area contributed by atoms with E-state index in [0.29, 0.717) is 31.4 Å². The molecule has 1 unspecified atom stereocenters. The van der Waals surface area contributed by atoms with Gasteiger partial charge in [-0.1, -0.05) is 32.0 Å². The van der Waals surface area contributed by atoms with Crippen LogP contribution in [0.4, 0.5) is 10.5 Å². The van der Waals surface area contributed by atoms with Gasteiger partial charge in [0.1, 0.15) is 18.4 Å². The number of para-hydroxylation sites is 1. The summed E-state index contributed by atoms with van der Waals surface area (Å²) >= 11 is 0. The molecule has 8 heteroatoms. The van der Waals surface area contributed by atoms with Crippen molar-refractivity contribution in [3.8, 4) is 5.75 Å². The lowest BCUT2D eigenvalue weighted by Crippen LogP contribution is -2.46. The van der Waals surface area contributed by atoms with E-state index >= 15 is 0 Å². The van der Waals surface area contributed by atoms with Crippen LogP contribution in [0, 0.1) is 5.92 Å². The molecule has 4 rings (SSSR count). The Morgan fingerprint density at radius 3 is 2.56 bits per heavy atom. The Kier molecular flexibility index (Phi) is 6.98. The lowest BCUT2D eigenvalue weighted by molar-refractivity contribution is -0.133. The molecule has 1 aliphatic heterocycles. The third-order valence-electron chi connectivity index (χ3n) is 6.01. The second-order valence-electron chi connectivity index (χ2n) is 8.95. The lowest BCUT2D eigenvalue weighted by atomic mass is 10.0. The number of aromatic nitrogens is 1. The number of amides is 3. The summed E-state index contributed by atoms with van der Waals surface area (Å²) in [5.74, 6) is 0.603. The van der Waals surface area contributed by atoms with Gasteiger partial charge in [0.25, 0.3) is 5.91 Å². The van der Waals surface area contributed by atoms with Gasteiger partial charge in [-0.25, -0.2) is 10.3 Å². The van der Waals surface area contributed by atoms with Crippen LogP contribution < -0.4 is 15.1 Å². The summed E-state index contributed by atoms with van der Waals surface area (Å²) in [6.45, 7) is 7.22. The van der Waals surface area contributed by atoms with Crippen molar-refractivity contribution >= 4 is 28.5 Å². The Labute approximate surface area is 199 Å². The van der Waals surface area contributed by atoms with Crippen LogP contribution in [0.15, 0.2) is 54.6 Å². The minimum Gasteiger partial charge on any atom is -0.489 e. The summed E-state index contributed by atoms with van der Waals surface area (Å²) < 4.78 is 6.09. The highest BCUT2D eigenvalue weighted by molar-refractivity contribution is 5.97. The van der Waals surface area contributed by atoms with Crippen molar-refractivity contribution in [2.24, 2.45) is 5.92 Å². The number of nitrogens with one attached hydrogen (secondary N) is 1. The van der Waals surface area contributed by atoms with Crippen molar-refractivity contribution in [3.05, 3.63) is 65.9 Å². The molecule has 0 saturated carbocycles. The number of fused-ring (bicyclic) bond motifs is 1. The Bertz CT molecular complexity index is 1180. The molecule has 1 aromatic heterocycles. The number of rotatable bonds is 8. The van der Waals surface area contributed by atoms with Gasteiger partial charge in [-0.05, 0) is 55.7 Å². The number of benzene rings is 2. The predicted molar refractivity (Wildman–Crippen MR) is 130 cm³/mol. The van der Waals surface area contributed by atoms with Crippen molar-refractivity contribution in [1.82, 2.24) is 15.4 Å². The molecule has 3 aromatic rings. The number of anilines is 1. The molecule has 1 saturated heterocycles. The Balaban J connectivity index is 1.46. The van der Waals surface area contributed by atoms with E-state index in [1.165, 1.54) is 4.90 Å². The summed E-state index contributed by atoms with van der Waals surface area (Å²) in [6, 6.07) is 16.5. The number of urea groups is 1. The smallest absolute Gasteiger partial charge is 0.325 e. The number of pyridine rings is 1. The fourth-order valence-corrected chi connectivity index (χ4v) is 4.22. The highest BCUT2D eigenvalue weighted by Crippen LogP contribution is 2.26. The van der Waals surface area contributed by atoms with Gasteiger partial charge in [0.15, 0.2) is 0 Å². The number of ether oxygens (including phenoxy) is 1. The number of hydroxylamine groups is 1. The van der Waals surface area contributed by atoms with Gasteiger partial charge >= 0.3 is 6.03 Å². The van der Waals surface area contributed by atoms with Gasteiger partial charge in [0.05, 0.1) is 5.52 Å². The first-order valence-electron chi connectivity index (χ1n) is 11.5. The zero-order valence-electron chi connectivity index (χ0n) is 19.7. The summed E-state index contributed by atoms with van der Waals surface area (Å²) in [5.41, 5.74) is 5.45. The molecule has 2 N–H and O–H groups in total. The summed E-state index contributed by atoms with van der Waals surface area (Å²) in [5, 5.41) is 9.92. The average molecular weight is 463 g/mol. The van der Waals surface area contributed by atoms with Gasteiger partial charge < -0.3 is 9.64 Å². The normalized spacial score (nSPS) is 14.7. The van der Waals surface area contributed by atoms with E-state index in [9.17, 15) is 9.59 Å². The molecular weight excluding hydrogens is 432 g/mol. The first-order valence-corrected chi connectivity index (χ1v) is 11.5. The van der Waals surface area contributed by atoms with Crippen molar-refractivity contribution in [2.75, 3.05) is 18.0 Å². The maximum Gasteiger partial charge on any atom is 0.325 e. The molecule has 0 spiro atoms. The molecule has 178 valence electrons. The molecule has 2 aromatic carbocycles. The van der Waals surface area contributed by atoms with E-state index in [0.717, 1.165) is 34.3 Å². The molecular formula is C26H30N4O4. The monoisotopic (exact) mass is 462 g/mol. The van der Waals surface area contributed by atoms with Crippen molar-refractivity contribution in [2.45, 2.75) is 39.8 Å². The average Bonchev–Trinajstić information content (AvgIpc) is 3.22. The summed E-state index contributed by atoms with van der Waals surface area (Å²) in [7, 11) is 0. The van der Waals surface area contributed by atoms with E-state index in [-0.39, 0.29) is 6.03 Å². The topological polar surface area (TPSA) is 95.0 Å². The molecule has 2 heterocycles. The Morgan fingerprint density at radius 2 is 1.85 bits per heavy atom. The van der Waals surface area contributed by atoms with E-state index < -0.39 is 11.9 Å². The minimum absolute atomic E-state index is 0.272. The Hall–Kier alpha value is -3.65. The van der Waals surface area contributed by atoms with Gasteiger partial charge in [0, 0.05) is 35.4 Å². The van der Waals surface area contributed by atoms with Crippen LogP contribution in [0.1, 0.15) is 32.0 Å². The number of carbonyl (C=O) groups excluding carboxylic acids is 2. The standard InChI is InChI=1S/C26H30N4O4/c1-17(2)14-20-15-19(23-6-4-5-7-24(23)27-20)16-34-22-10-8-21(9-11-22)30-13-12-29(26(30)32)18(3)25(31)28-33/h4-11,15,17-18,33H,12-14,16H2,1-3H3,(H,28,31). The number of carbonyl (C=O) groups is 2.